The lowest BCUT2D eigenvalue weighted by Gasteiger charge is -2.07. The van der Waals surface area contributed by atoms with Crippen LogP contribution in [0, 0.1) is 6.92 Å². The van der Waals surface area contributed by atoms with Crippen LogP contribution in [0.5, 0.6) is 0 Å². The van der Waals surface area contributed by atoms with Gasteiger partial charge in [0, 0.05) is 49.7 Å². The number of halogens is 1. The van der Waals surface area contributed by atoms with Crippen molar-refractivity contribution < 1.29 is 14.0 Å². The molecular formula is C24H22ClN5O3. The second-order valence-corrected chi connectivity index (χ2v) is 7.86. The van der Waals surface area contributed by atoms with Crippen molar-refractivity contribution >= 4 is 29.2 Å². The highest BCUT2D eigenvalue weighted by atomic mass is 35.5. The number of carbonyl (C=O) groups is 2. The standard InChI is InChI=1S/C24H22ClN5O3/c1-15-13-28-22(29-16(2)31)12-18(15)21-11-19(23(33-21)17-5-3-4-6-20(17)25)24(32)27-8-10-30-9-7-26-14-30/h3-7,9,11-14H,8,10H2,1-2H3,(H,27,32)(H,28,29,31). The van der Waals surface area contributed by atoms with Crippen molar-refractivity contribution in [2.75, 3.05) is 11.9 Å². The zero-order valence-electron chi connectivity index (χ0n) is 18.1. The third-order valence-electron chi connectivity index (χ3n) is 4.98. The van der Waals surface area contributed by atoms with Crippen molar-refractivity contribution in [1.82, 2.24) is 19.9 Å². The van der Waals surface area contributed by atoms with Gasteiger partial charge in [-0.15, -0.1) is 0 Å². The molecule has 168 valence electrons. The van der Waals surface area contributed by atoms with Gasteiger partial charge in [-0.05, 0) is 36.8 Å². The molecule has 0 saturated heterocycles. The summed E-state index contributed by atoms with van der Waals surface area (Å²) in [4.78, 5) is 32.8. The largest absolute Gasteiger partial charge is 0.455 e. The maximum Gasteiger partial charge on any atom is 0.255 e. The van der Waals surface area contributed by atoms with Gasteiger partial charge in [0.2, 0.25) is 5.91 Å². The van der Waals surface area contributed by atoms with Crippen LogP contribution in [0.25, 0.3) is 22.6 Å². The molecule has 0 spiro atoms. The highest BCUT2D eigenvalue weighted by Gasteiger charge is 2.22. The molecule has 0 saturated carbocycles. The van der Waals surface area contributed by atoms with E-state index in [0.717, 1.165) is 5.56 Å². The molecule has 2 N–H and O–H groups in total. The second-order valence-electron chi connectivity index (χ2n) is 7.46. The Balaban J connectivity index is 1.71. The van der Waals surface area contributed by atoms with E-state index in [1.54, 1.807) is 43.0 Å². The van der Waals surface area contributed by atoms with E-state index in [9.17, 15) is 9.59 Å². The molecule has 0 radical (unpaired) electrons. The summed E-state index contributed by atoms with van der Waals surface area (Å²) in [6, 6.07) is 10.6. The number of furan rings is 1. The van der Waals surface area contributed by atoms with Crippen LogP contribution in [-0.2, 0) is 11.3 Å². The zero-order chi connectivity index (χ0) is 23.4. The monoisotopic (exact) mass is 463 g/mol. The van der Waals surface area contributed by atoms with Crippen molar-refractivity contribution in [2.45, 2.75) is 20.4 Å². The number of hydrogen-bond acceptors (Lipinski definition) is 5. The molecule has 3 aromatic heterocycles. The number of rotatable bonds is 7. The van der Waals surface area contributed by atoms with Gasteiger partial charge in [0.25, 0.3) is 5.91 Å². The zero-order valence-corrected chi connectivity index (χ0v) is 18.9. The summed E-state index contributed by atoms with van der Waals surface area (Å²) < 4.78 is 8.06. The number of aryl methyl sites for hydroxylation is 1. The van der Waals surface area contributed by atoms with Crippen LogP contribution in [0.2, 0.25) is 5.02 Å². The van der Waals surface area contributed by atoms with Crippen LogP contribution in [-0.4, -0.2) is 32.9 Å². The number of nitrogens with one attached hydrogen (secondary N) is 2. The molecule has 0 unspecified atom stereocenters. The quantitative estimate of drug-likeness (QED) is 0.418. The van der Waals surface area contributed by atoms with Crippen molar-refractivity contribution in [2.24, 2.45) is 0 Å². The van der Waals surface area contributed by atoms with Gasteiger partial charge in [0.05, 0.1) is 16.9 Å². The highest BCUT2D eigenvalue weighted by molar-refractivity contribution is 6.33. The predicted molar refractivity (Wildman–Crippen MR) is 126 cm³/mol. The Labute approximate surface area is 195 Å². The Kier molecular flexibility index (Phi) is 6.55. The number of hydrogen-bond donors (Lipinski definition) is 2. The molecule has 4 rings (SSSR count). The summed E-state index contributed by atoms with van der Waals surface area (Å²) in [5, 5.41) is 6.06. The van der Waals surface area contributed by atoms with Gasteiger partial charge in [-0.2, -0.15) is 0 Å². The first-order valence-electron chi connectivity index (χ1n) is 10.3. The van der Waals surface area contributed by atoms with Gasteiger partial charge in [-0.1, -0.05) is 23.7 Å². The van der Waals surface area contributed by atoms with Crippen molar-refractivity contribution in [3.63, 3.8) is 0 Å². The van der Waals surface area contributed by atoms with Crippen LogP contribution < -0.4 is 10.6 Å². The topological polar surface area (TPSA) is 102 Å². The Morgan fingerprint density at radius 1 is 1.18 bits per heavy atom. The molecule has 2 amide bonds. The van der Waals surface area contributed by atoms with Gasteiger partial charge >= 0.3 is 0 Å². The fourth-order valence-electron chi connectivity index (χ4n) is 3.39. The summed E-state index contributed by atoms with van der Waals surface area (Å²) >= 11 is 6.42. The highest BCUT2D eigenvalue weighted by Crippen LogP contribution is 2.37. The van der Waals surface area contributed by atoms with Crippen LogP contribution >= 0.6 is 11.6 Å². The van der Waals surface area contributed by atoms with Crippen molar-refractivity contribution in [3.8, 4) is 22.6 Å². The van der Waals surface area contributed by atoms with Gasteiger partial charge < -0.3 is 19.6 Å². The molecule has 0 aliphatic carbocycles. The van der Waals surface area contributed by atoms with Gasteiger partial charge in [0.1, 0.15) is 17.3 Å². The van der Waals surface area contributed by atoms with E-state index in [1.165, 1.54) is 6.92 Å². The molecule has 0 aliphatic heterocycles. The average molecular weight is 464 g/mol. The molecule has 3 heterocycles. The summed E-state index contributed by atoms with van der Waals surface area (Å²) in [6.45, 7) is 4.29. The number of benzene rings is 1. The van der Waals surface area contributed by atoms with Crippen LogP contribution in [0.4, 0.5) is 5.82 Å². The molecule has 0 aliphatic rings. The van der Waals surface area contributed by atoms with E-state index in [1.807, 2.05) is 29.8 Å². The third-order valence-corrected chi connectivity index (χ3v) is 5.31. The Hall–Kier alpha value is -3.91. The molecule has 0 atom stereocenters. The lowest BCUT2D eigenvalue weighted by Crippen LogP contribution is -2.27. The Morgan fingerprint density at radius 3 is 2.73 bits per heavy atom. The molecule has 33 heavy (non-hydrogen) atoms. The number of imidazole rings is 1. The first-order chi connectivity index (χ1) is 15.9. The van der Waals surface area contributed by atoms with Crippen LogP contribution in [0.1, 0.15) is 22.8 Å². The van der Waals surface area contributed by atoms with Gasteiger partial charge in [-0.3, -0.25) is 9.59 Å². The summed E-state index contributed by atoms with van der Waals surface area (Å²) in [6.07, 6.45) is 6.85. The lowest BCUT2D eigenvalue weighted by atomic mass is 10.1. The summed E-state index contributed by atoms with van der Waals surface area (Å²) in [5.74, 6) is 0.717. The number of pyridine rings is 1. The van der Waals surface area contributed by atoms with Crippen molar-refractivity contribution in [1.29, 1.82) is 0 Å². The number of anilines is 1. The van der Waals surface area contributed by atoms with Gasteiger partial charge in [0.15, 0.2) is 0 Å². The molecule has 1 aromatic carbocycles. The minimum atomic E-state index is -0.283. The third kappa shape index (κ3) is 5.12. The second kappa shape index (κ2) is 9.70. The minimum Gasteiger partial charge on any atom is -0.455 e. The molecule has 8 nitrogen and oxygen atoms in total. The first-order valence-corrected chi connectivity index (χ1v) is 10.7. The van der Waals surface area contributed by atoms with Crippen LogP contribution in [0.15, 0.2) is 65.7 Å². The summed E-state index contributed by atoms with van der Waals surface area (Å²) in [5.41, 5.74) is 2.51. The predicted octanol–water partition coefficient (Wildman–Crippen LogP) is 4.56. The maximum absolute atomic E-state index is 13.1. The Bertz CT molecular complexity index is 1300. The van der Waals surface area contributed by atoms with E-state index in [0.29, 0.717) is 52.1 Å². The minimum absolute atomic E-state index is 0.230. The molecule has 0 fully saturated rings. The molecule has 4 aromatic rings. The fourth-order valence-corrected chi connectivity index (χ4v) is 3.61. The Morgan fingerprint density at radius 2 is 2.00 bits per heavy atom. The fraction of sp³-hybridized carbons (Fsp3) is 0.167. The van der Waals surface area contributed by atoms with Gasteiger partial charge in [-0.25, -0.2) is 9.97 Å². The summed E-state index contributed by atoms with van der Waals surface area (Å²) in [7, 11) is 0. The maximum atomic E-state index is 13.1. The average Bonchev–Trinajstić information content (AvgIpc) is 3.45. The number of amides is 2. The lowest BCUT2D eigenvalue weighted by molar-refractivity contribution is -0.114. The number of nitrogens with zero attached hydrogens (tertiary/aromatic N) is 3. The smallest absolute Gasteiger partial charge is 0.255 e. The number of carbonyl (C=O) groups excluding carboxylic acids is 2. The normalized spacial score (nSPS) is 10.8. The molecular weight excluding hydrogens is 442 g/mol. The van der Waals surface area contributed by atoms with E-state index >= 15 is 0 Å². The van der Waals surface area contributed by atoms with E-state index < -0.39 is 0 Å². The van der Waals surface area contributed by atoms with E-state index in [4.69, 9.17) is 16.0 Å². The van der Waals surface area contributed by atoms with E-state index in [2.05, 4.69) is 20.6 Å². The molecule has 9 heteroatoms. The number of aromatic nitrogens is 3. The van der Waals surface area contributed by atoms with Crippen molar-refractivity contribution in [3.05, 3.63) is 77.5 Å². The first kappa shape index (κ1) is 22.3. The van der Waals surface area contributed by atoms with Crippen LogP contribution in [0.3, 0.4) is 0 Å². The van der Waals surface area contributed by atoms with E-state index in [-0.39, 0.29) is 11.8 Å². The SMILES string of the molecule is CC(=O)Nc1cc(-c2cc(C(=O)NCCn3ccnc3)c(-c3ccccc3Cl)o2)c(C)cn1. The molecule has 0 bridgehead atoms.